The molecule has 1 aliphatic rings. The van der Waals surface area contributed by atoms with Gasteiger partial charge >= 0.3 is 0 Å². The molecule has 0 spiro atoms. The summed E-state index contributed by atoms with van der Waals surface area (Å²) in [6.07, 6.45) is 6.58. The Kier molecular flexibility index (Phi) is 6.66. The summed E-state index contributed by atoms with van der Waals surface area (Å²) in [5, 5.41) is 6.14. The molecular formula is C22H28N6O2. The van der Waals surface area contributed by atoms with Gasteiger partial charge in [-0.15, -0.1) is 0 Å². The smallest absolute Gasteiger partial charge is 0.271 e. The molecule has 3 rings (SSSR count). The third-order valence-corrected chi connectivity index (χ3v) is 5.39. The zero-order valence-corrected chi connectivity index (χ0v) is 17.4. The van der Waals surface area contributed by atoms with Crippen LogP contribution in [0.2, 0.25) is 0 Å². The van der Waals surface area contributed by atoms with Crippen LogP contribution in [0.3, 0.4) is 0 Å². The van der Waals surface area contributed by atoms with E-state index < -0.39 is 5.91 Å². The zero-order valence-electron chi connectivity index (χ0n) is 17.4. The zero-order chi connectivity index (χ0) is 21.7. The Morgan fingerprint density at radius 1 is 1.27 bits per heavy atom. The molecule has 8 heteroatoms. The molecule has 8 nitrogen and oxygen atoms in total. The molecule has 0 saturated heterocycles. The standard InChI is InChI=1S/C22H28N6O2/c1-4-19(29)25-16-6-5-7-17(12-16)28(3)18-13-24-20(21(23)30)22(27-18)26-15-10-8-14(2)9-11-15/h4,8-11,13,16-17H,1,5-7,12H2,2-3H3,(H2,23,30)(H,25,29)(H,26,27)/t16?,17-/m1/s1. The van der Waals surface area contributed by atoms with Crippen LogP contribution in [0, 0.1) is 6.92 Å². The molecule has 1 heterocycles. The molecule has 1 aromatic heterocycles. The van der Waals surface area contributed by atoms with Crippen LogP contribution in [-0.2, 0) is 4.79 Å². The fourth-order valence-corrected chi connectivity index (χ4v) is 3.68. The van der Waals surface area contributed by atoms with Crippen LogP contribution >= 0.6 is 0 Å². The maximum atomic E-state index is 11.8. The molecule has 2 amide bonds. The molecule has 0 aliphatic heterocycles. The van der Waals surface area contributed by atoms with Gasteiger partial charge in [-0.3, -0.25) is 9.59 Å². The molecule has 4 N–H and O–H groups in total. The first kappa shape index (κ1) is 21.3. The highest BCUT2D eigenvalue weighted by Gasteiger charge is 2.27. The molecule has 1 aliphatic carbocycles. The van der Waals surface area contributed by atoms with Crippen molar-refractivity contribution in [1.29, 1.82) is 0 Å². The highest BCUT2D eigenvalue weighted by molar-refractivity contribution is 5.96. The molecule has 1 aromatic carbocycles. The molecule has 2 atom stereocenters. The molecule has 1 fully saturated rings. The van der Waals surface area contributed by atoms with Crippen LogP contribution < -0.4 is 21.3 Å². The van der Waals surface area contributed by atoms with Gasteiger partial charge in [-0.05, 0) is 50.8 Å². The minimum absolute atomic E-state index is 0.0903. The number of nitrogens with zero attached hydrogens (tertiary/aromatic N) is 3. The van der Waals surface area contributed by atoms with Gasteiger partial charge in [0.15, 0.2) is 11.5 Å². The molecule has 158 valence electrons. The van der Waals surface area contributed by atoms with E-state index in [1.807, 2.05) is 43.1 Å². The van der Waals surface area contributed by atoms with Crippen molar-refractivity contribution < 1.29 is 9.59 Å². The Morgan fingerprint density at radius 3 is 2.67 bits per heavy atom. The van der Waals surface area contributed by atoms with E-state index in [1.54, 1.807) is 6.20 Å². The Bertz CT molecular complexity index is 928. The number of carbonyl (C=O) groups is 2. The van der Waals surface area contributed by atoms with Crippen LogP contribution in [0.15, 0.2) is 43.1 Å². The second kappa shape index (κ2) is 9.39. The Balaban J connectivity index is 1.81. The minimum Gasteiger partial charge on any atom is -0.364 e. The van der Waals surface area contributed by atoms with Gasteiger partial charge in [-0.1, -0.05) is 24.3 Å². The quantitative estimate of drug-likeness (QED) is 0.607. The third kappa shape index (κ3) is 5.14. The number of amides is 2. The first-order valence-corrected chi connectivity index (χ1v) is 10.0. The van der Waals surface area contributed by atoms with E-state index in [0.717, 1.165) is 36.9 Å². The largest absolute Gasteiger partial charge is 0.364 e. The molecule has 30 heavy (non-hydrogen) atoms. The highest BCUT2D eigenvalue weighted by atomic mass is 16.2. The first-order chi connectivity index (χ1) is 14.4. The number of benzene rings is 1. The first-order valence-electron chi connectivity index (χ1n) is 10.0. The van der Waals surface area contributed by atoms with Gasteiger partial charge in [0.05, 0.1) is 6.20 Å². The Hall–Kier alpha value is -3.42. The van der Waals surface area contributed by atoms with Gasteiger partial charge in [0, 0.05) is 24.8 Å². The van der Waals surface area contributed by atoms with E-state index in [4.69, 9.17) is 5.73 Å². The summed E-state index contributed by atoms with van der Waals surface area (Å²) in [5.41, 5.74) is 7.51. The number of hydrogen-bond acceptors (Lipinski definition) is 6. The van der Waals surface area contributed by atoms with Crippen molar-refractivity contribution in [2.24, 2.45) is 5.73 Å². The third-order valence-electron chi connectivity index (χ3n) is 5.39. The van der Waals surface area contributed by atoms with Gasteiger partial charge in [0.25, 0.3) is 5.91 Å². The summed E-state index contributed by atoms with van der Waals surface area (Å²) < 4.78 is 0. The van der Waals surface area contributed by atoms with Crippen LogP contribution in [0.4, 0.5) is 17.3 Å². The number of carbonyl (C=O) groups excluding carboxylic acids is 2. The van der Waals surface area contributed by atoms with E-state index in [9.17, 15) is 9.59 Å². The average molecular weight is 409 g/mol. The maximum Gasteiger partial charge on any atom is 0.271 e. The van der Waals surface area contributed by atoms with Crippen LogP contribution in [0.25, 0.3) is 0 Å². The van der Waals surface area contributed by atoms with Crippen molar-refractivity contribution in [2.45, 2.75) is 44.7 Å². The van der Waals surface area contributed by atoms with Gasteiger partial charge < -0.3 is 21.3 Å². The van der Waals surface area contributed by atoms with Gasteiger partial charge in [-0.25, -0.2) is 9.97 Å². The minimum atomic E-state index is -0.642. The van der Waals surface area contributed by atoms with Crippen LogP contribution in [-0.4, -0.2) is 40.9 Å². The number of nitrogens with one attached hydrogen (secondary N) is 2. The SMILES string of the molecule is C=CC(=O)NC1CCC[C@@H](N(C)c2cnc(C(N)=O)c(Nc3ccc(C)cc3)n2)C1. The van der Waals surface area contributed by atoms with Gasteiger partial charge in [0.2, 0.25) is 5.91 Å². The molecule has 1 unspecified atom stereocenters. The Morgan fingerprint density at radius 2 is 2.00 bits per heavy atom. The molecule has 0 radical (unpaired) electrons. The molecule has 1 saturated carbocycles. The monoisotopic (exact) mass is 408 g/mol. The normalized spacial score (nSPS) is 18.3. The van der Waals surface area contributed by atoms with E-state index >= 15 is 0 Å². The number of aryl methyl sites for hydroxylation is 1. The van der Waals surface area contributed by atoms with Crippen molar-refractivity contribution in [2.75, 3.05) is 17.3 Å². The lowest BCUT2D eigenvalue weighted by molar-refractivity contribution is -0.117. The number of primary amides is 1. The molecular weight excluding hydrogens is 380 g/mol. The van der Waals surface area contributed by atoms with Crippen molar-refractivity contribution in [3.05, 3.63) is 54.4 Å². The summed E-state index contributed by atoms with van der Waals surface area (Å²) in [7, 11) is 1.95. The van der Waals surface area contributed by atoms with Crippen molar-refractivity contribution in [3.63, 3.8) is 0 Å². The van der Waals surface area contributed by atoms with Crippen LogP contribution in [0.5, 0.6) is 0 Å². The highest BCUT2D eigenvalue weighted by Crippen LogP contribution is 2.27. The van der Waals surface area contributed by atoms with Gasteiger partial charge in [0.1, 0.15) is 5.82 Å². The second-order valence-electron chi connectivity index (χ2n) is 7.62. The van der Waals surface area contributed by atoms with Gasteiger partial charge in [-0.2, -0.15) is 0 Å². The van der Waals surface area contributed by atoms with Crippen molar-refractivity contribution >= 4 is 29.1 Å². The molecule has 0 bridgehead atoms. The average Bonchev–Trinajstić information content (AvgIpc) is 2.74. The number of aromatic nitrogens is 2. The lowest BCUT2D eigenvalue weighted by Gasteiger charge is -2.36. The summed E-state index contributed by atoms with van der Waals surface area (Å²) in [4.78, 5) is 34.4. The predicted molar refractivity (Wildman–Crippen MR) is 118 cm³/mol. The Labute approximate surface area is 176 Å². The predicted octanol–water partition coefficient (Wildman–Crippen LogP) is 2.68. The number of hydrogen-bond donors (Lipinski definition) is 3. The molecule has 2 aromatic rings. The summed E-state index contributed by atoms with van der Waals surface area (Å²) in [6.45, 7) is 5.52. The van der Waals surface area contributed by atoms with Crippen molar-refractivity contribution in [1.82, 2.24) is 15.3 Å². The van der Waals surface area contributed by atoms with Crippen molar-refractivity contribution in [3.8, 4) is 0 Å². The number of nitrogens with two attached hydrogens (primary N) is 1. The summed E-state index contributed by atoms with van der Waals surface area (Å²) >= 11 is 0. The lowest BCUT2D eigenvalue weighted by Crippen LogP contribution is -2.44. The van der Waals surface area contributed by atoms with E-state index in [2.05, 4.69) is 27.2 Å². The number of anilines is 3. The topological polar surface area (TPSA) is 113 Å². The summed E-state index contributed by atoms with van der Waals surface area (Å²) in [5.74, 6) is 0.160. The fourth-order valence-electron chi connectivity index (χ4n) is 3.68. The maximum absolute atomic E-state index is 11.8. The van der Waals surface area contributed by atoms with E-state index in [0.29, 0.717) is 11.6 Å². The van der Waals surface area contributed by atoms with E-state index in [-0.39, 0.29) is 23.7 Å². The second-order valence-corrected chi connectivity index (χ2v) is 7.62. The van der Waals surface area contributed by atoms with E-state index in [1.165, 1.54) is 6.08 Å². The lowest BCUT2D eigenvalue weighted by atomic mass is 9.90. The van der Waals surface area contributed by atoms with Crippen LogP contribution in [0.1, 0.15) is 41.7 Å². The number of rotatable bonds is 7. The summed E-state index contributed by atoms with van der Waals surface area (Å²) in [6, 6.07) is 8.04. The fraction of sp³-hybridized carbons (Fsp3) is 0.364.